The van der Waals surface area contributed by atoms with Crippen LogP contribution in [-0.2, 0) is 9.59 Å². The molecule has 1 aliphatic heterocycles. The first-order chi connectivity index (χ1) is 10.5. The molecule has 0 aliphatic carbocycles. The van der Waals surface area contributed by atoms with Crippen LogP contribution in [0.1, 0.15) is 38.2 Å². The first-order valence-electron chi connectivity index (χ1n) is 7.78. The summed E-state index contributed by atoms with van der Waals surface area (Å²) in [5.41, 5.74) is 1.68. The number of hydrogen-bond donors (Lipinski definition) is 1. The largest absolute Gasteiger partial charge is 0.495 e. The molecule has 2 amide bonds. The molecule has 22 heavy (non-hydrogen) atoms. The number of amides is 2. The van der Waals surface area contributed by atoms with Crippen LogP contribution < -0.4 is 10.1 Å². The van der Waals surface area contributed by atoms with Gasteiger partial charge in [0.25, 0.3) is 0 Å². The van der Waals surface area contributed by atoms with E-state index in [2.05, 4.69) is 5.32 Å². The highest BCUT2D eigenvalue weighted by molar-refractivity contribution is 5.98. The lowest BCUT2D eigenvalue weighted by atomic mass is 10.2. The first-order valence-corrected chi connectivity index (χ1v) is 7.78. The topological polar surface area (TPSA) is 58.6 Å². The minimum absolute atomic E-state index is 0.0661. The number of likely N-dealkylation sites (tertiary alicyclic amines) is 1. The summed E-state index contributed by atoms with van der Waals surface area (Å²) >= 11 is 0. The Bertz CT molecular complexity index is 557. The Morgan fingerprint density at radius 3 is 2.82 bits per heavy atom. The first kappa shape index (κ1) is 16.3. The molecular formula is C17H24N2O3. The van der Waals surface area contributed by atoms with Crippen LogP contribution in [0.2, 0.25) is 0 Å². The van der Waals surface area contributed by atoms with Crippen molar-refractivity contribution in [1.29, 1.82) is 0 Å². The van der Waals surface area contributed by atoms with Crippen molar-refractivity contribution in [2.24, 2.45) is 0 Å². The summed E-state index contributed by atoms with van der Waals surface area (Å²) in [5.74, 6) is 0.504. The van der Waals surface area contributed by atoms with Crippen molar-refractivity contribution in [2.75, 3.05) is 19.0 Å². The van der Waals surface area contributed by atoms with Crippen LogP contribution in [0.3, 0.4) is 0 Å². The van der Waals surface area contributed by atoms with E-state index < -0.39 is 6.04 Å². The van der Waals surface area contributed by atoms with E-state index in [1.54, 1.807) is 18.9 Å². The highest BCUT2D eigenvalue weighted by Crippen LogP contribution is 2.26. The van der Waals surface area contributed by atoms with E-state index in [0.29, 0.717) is 24.4 Å². The van der Waals surface area contributed by atoms with Gasteiger partial charge in [-0.25, -0.2) is 0 Å². The molecule has 0 unspecified atom stereocenters. The van der Waals surface area contributed by atoms with Gasteiger partial charge in [0.2, 0.25) is 11.8 Å². The van der Waals surface area contributed by atoms with Crippen LogP contribution in [0.25, 0.3) is 0 Å². The van der Waals surface area contributed by atoms with E-state index in [9.17, 15) is 9.59 Å². The quantitative estimate of drug-likeness (QED) is 0.930. The van der Waals surface area contributed by atoms with Gasteiger partial charge in [-0.3, -0.25) is 9.59 Å². The van der Waals surface area contributed by atoms with Gasteiger partial charge in [0, 0.05) is 13.0 Å². The molecule has 1 fully saturated rings. The standard InChI is InChI=1S/C17H24N2O3/c1-12-8-9-15(22-3)14(11-12)18-17(21)13(2)19-10-6-4-5-7-16(19)20/h8-9,11,13H,4-7,10H2,1-3H3,(H,18,21)/t13-/m0/s1. The van der Waals surface area contributed by atoms with Gasteiger partial charge in [0.05, 0.1) is 12.8 Å². The molecule has 5 nitrogen and oxygen atoms in total. The van der Waals surface area contributed by atoms with E-state index in [1.807, 2.05) is 25.1 Å². The zero-order valence-electron chi connectivity index (χ0n) is 13.5. The van der Waals surface area contributed by atoms with Crippen molar-refractivity contribution < 1.29 is 14.3 Å². The number of methoxy groups -OCH3 is 1. The average Bonchev–Trinajstić information content (AvgIpc) is 2.71. The Kier molecular flexibility index (Phi) is 5.41. The average molecular weight is 304 g/mol. The molecule has 1 heterocycles. The van der Waals surface area contributed by atoms with Crippen LogP contribution in [0.15, 0.2) is 18.2 Å². The smallest absolute Gasteiger partial charge is 0.246 e. The summed E-state index contributed by atoms with van der Waals surface area (Å²) in [7, 11) is 1.57. The lowest BCUT2D eigenvalue weighted by molar-refractivity contribution is -0.137. The van der Waals surface area contributed by atoms with E-state index in [0.717, 1.165) is 24.8 Å². The van der Waals surface area contributed by atoms with Gasteiger partial charge >= 0.3 is 0 Å². The van der Waals surface area contributed by atoms with Crippen LogP contribution in [0, 0.1) is 6.92 Å². The number of carbonyl (C=O) groups is 2. The van der Waals surface area contributed by atoms with Crippen molar-refractivity contribution in [3.63, 3.8) is 0 Å². The predicted octanol–water partition coefficient (Wildman–Crippen LogP) is 2.73. The number of hydrogen-bond acceptors (Lipinski definition) is 3. The second kappa shape index (κ2) is 7.29. The number of carbonyl (C=O) groups excluding carboxylic acids is 2. The summed E-state index contributed by atoms with van der Waals surface area (Å²) in [6, 6.07) is 5.15. The molecule has 1 aliphatic rings. The molecule has 1 aromatic rings. The normalized spacial score (nSPS) is 16.9. The zero-order valence-corrected chi connectivity index (χ0v) is 13.5. The molecule has 1 atom stereocenters. The van der Waals surface area contributed by atoms with E-state index in [4.69, 9.17) is 4.74 Å². The van der Waals surface area contributed by atoms with Crippen LogP contribution >= 0.6 is 0 Å². The van der Waals surface area contributed by atoms with Crippen molar-refractivity contribution in [2.45, 2.75) is 45.6 Å². The SMILES string of the molecule is COc1ccc(C)cc1NC(=O)[C@H](C)N1CCCCCC1=O. The summed E-state index contributed by atoms with van der Waals surface area (Å²) < 4.78 is 5.27. The van der Waals surface area contributed by atoms with Gasteiger partial charge in [-0.1, -0.05) is 12.5 Å². The highest BCUT2D eigenvalue weighted by Gasteiger charge is 2.27. The Balaban J connectivity index is 2.11. The second-order valence-corrected chi connectivity index (χ2v) is 5.77. The third-order valence-corrected chi connectivity index (χ3v) is 4.07. The lowest BCUT2D eigenvalue weighted by Crippen LogP contribution is -2.45. The summed E-state index contributed by atoms with van der Waals surface area (Å²) in [6.45, 7) is 4.38. The summed E-state index contributed by atoms with van der Waals surface area (Å²) in [4.78, 5) is 26.3. The van der Waals surface area contributed by atoms with Gasteiger partial charge in [-0.15, -0.1) is 0 Å². The molecule has 120 valence electrons. The molecular weight excluding hydrogens is 280 g/mol. The molecule has 0 spiro atoms. The van der Waals surface area contributed by atoms with E-state index >= 15 is 0 Å². The second-order valence-electron chi connectivity index (χ2n) is 5.77. The number of benzene rings is 1. The number of anilines is 1. The molecule has 0 radical (unpaired) electrons. The molecule has 0 saturated carbocycles. The minimum Gasteiger partial charge on any atom is -0.495 e. The predicted molar refractivity (Wildman–Crippen MR) is 86.0 cm³/mol. The van der Waals surface area contributed by atoms with Crippen molar-refractivity contribution in [1.82, 2.24) is 4.90 Å². The number of aryl methyl sites for hydroxylation is 1. The Hall–Kier alpha value is -2.04. The van der Waals surface area contributed by atoms with Gasteiger partial charge in [-0.2, -0.15) is 0 Å². The van der Waals surface area contributed by atoms with Crippen LogP contribution in [-0.4, -0.2) is 36.4 Å². The monoisotopic (exact) mass is 304 g/mol. The molecule has 1 saturated heterocycles. The number of nitrogens with zero attached hydrogens (tertiary/aromatic N) is 1. The maximum Gasteiger partial charge on any atom is 0.246 e. The number of rotatable bonds is 4. The van der Waals surface area contributed by atoms with Gasteiger partial charge in [0.1, 0.15) is 11.8 Å². The summed E-state index contributed by atoms with van der Waals surface area (Å²) in [6.07, 6.45) is 3.44. The fourth-order valence-electron chi connectivity index (χ4n) is 2.71. The van der Waals surface area contributed by atoms with Gasteiger partial charge in [-0.05, 0) is 44.4 Å². The van der Waals surface area contributed by atoms with Crippen LogP contribution in [0.5, 0.6) is 5.75 Å². The fourth-order valence-corrected chi connectivity index (χ4v) is 2.71. The van der Waals surface area contributed by atoms with Gasteiger partial charge < -0.3 is 15.0 Å². The molecule has 0 aromatic heterocycles. The maximum absolute atomic E-state index is 12.5. The van der Waals surface area contributed by atoms with Crippen molar-refractivity contribution >= 4 is 17.5 Å². The van der Waals surface area contributed by atoms with E-state index in [1.165, 1.54) is 0 Å². The Labute approximate surface area is 131 Å². The third kappa shape index (κ3) is 3.78. The lowest BCUT2D eigenvalue weighted by Gasteiger charge is -2.27. The number of ether oxygens (including phenoxy) is 1. The zero-order chi connectivity index (χ0) is 16.1. The van der Waals surface area contributed by atoms with E-state index in [-0.39, 0.29) is 11.8 Å². The minimum atomic E-state index is -0.476. The number of nitrogens with one attached hydrogen (secondary N) is 1. The molecule has 5 heteroatoms. The summed E-state index contributed by atoms with van der Waals surface area (Å²) in [5, 5.41) is 2.88. The Morgan fingerprint density at radius 2 is 2.09 bits per heavy atom. The fraction of sp³-hybridized carbons (Fsp3) is 0.529. The van der Waals surface area contributed by atoms with Crippen molar-refractivity contribution in [3.8, 4) is 5.75 Å². The van der Waals surface area contributed by atoms with Crippen LogP contribution in [0.4, 0.5) is 5.69 Å². The molecule has 1 N–H and O–H groups in total. The third-order valence-electron chi connectivity index (χ3n) is 4.07. The highest BCUT2D eigenvalue weighted by atomic mass is 16.5. The maximum atomic E-state index is 12.5. The molecule has 0 bridgehead atoms. The molecule has 1 aromatic carbocycles. The van der Waals surface area contributed by atoms with Crippen molar-refractivity contribution in [3.05, 3.63) is 23.8 Å². The van der Waals surface area contributed by atoms with Gasteiger partial charge in [0.15, 0.2) is 0 Å². The molecule has 2 rings (SSSR count). The Morgan fingerprint density at radius 1 is 1.32 bits per heavy atom.